The van der Waals surface area contributed by atoms with Gasteiger partial charge in [-0.3, -0.25) is 4.40 Å². The van der Waals surface area contributed by atoms with Gasteiger partial charge in [-0.15, -0.1) is 0 Å². The molecule has 1 atom stereocenters. The molecular weight excluding hydrogens is 449 g/mol. The van der Waals surface area contributed by atoms with Crippen molar-refractivity contribution in [3.63, 3.8) is 0 Å². The Kier molecular flexibility index (Phi) is 8.36. The molecule has 1 unspecified atom stereocenters. The molecule has 4 aromatic rings. The highest BCUT2D eigenvalue weighted by Gasteiger charge is 2.17. The number of imidazole rings is 1. The summed E-state index contributed by atoms with van der Waals surface area (Å²) < 4.78 is 16.5. The second-order valence-electron chi connectivity index (χ2n) is 9.16. The molecule has 0 saturated heterocycles. The lowest BCUT2D eigenvalue weighted by Gasteiger charge is -2.14. The standard InChI is InChI=1S/C30H36FN5/c1-5-8-12-22(17-24(31)7-3)27-20-36-28(21(4)11-6-2)19-34-30(36)29(35-27)32-16-15-23-18-33-26-14-10-9-13-25(23)26/h7-10,12-14,17-21,33H,5-6,11,15-16H2,1-4H3,(H,32,35)/b12-8+,22-17+,24-7+. The van der Waals surface area contributed by atoms with E-state index in [9.17, 15) is 4.39 Å². The van der Waals surface area contributed by atoms with Crippen LogP contribution in [0.2, 0.25) is 0 Å². The topological polar surface area (TPSA) is 58.0 Å². The van der Waals surface area contributed by atoms with Gasteiger partial charge in [0.05, 0.1) is 5.69 Å². The van der Waals surface area contributed by atoms with Crippen LogP contribution in [0.1, 0.15) is 69.8 Å². The van der Waals surface area contributed by atoms with Crippen molar-refractivity contribution in [2.75, 3.05) is 11.9 Å². The number of nitrogens with one attached hydrogen (secondary N) is 2. The lowest BCUT2D eigenvalue weighted by atomic mass is 10.0. The van der Waals surface area contributed by atoms with Gasteiger partial charge in [-0.1, -0.05) is 63.6 Å². The van der Waals surface area contributed by atoms with E-state index in [0.29, 0.717) is 24.0 Å². The lowest BCUT2D eigenvalue weighted by Crippen LogP contribution is -2.10. The summed E-state index contributed by atoms with van der Waals surface area (Å²) in [5.41, 5.74) is 5.77. The third kappa shape index (κ3) is 5.59. The van der Waals surface area contributed by atoms with E-state index in [2.05, 4.69) is 59.9 Å². The third-order valence-corrected chi connectivity index (χ3v) is 6.51. The van der Waals surface area contributed by atoms with E-state index in [1.54, 1.807) is 13.0 Å². The number of nitrogens with zero attached hydrogens (tertiary/aromatic N) is 3. The first-order valence-corrected chi connectivity index (χ1v) is 12.9. The first-order valence-electron chi connectivity index (χ1n) is 12.9. The fraction of sp³-hybridized carbons (Fsp3) is 0.333. The van der Waals surface area contributed by atoms with Gasteiger partial charge in [0.1, 0.15) is 5.83 Å². The molecule has 3 heterocycles. The van der Waals surface area contributed by atoms with E-state index in [1.165, 1.54) is 17.0 Å². The largest absolute Gasteiger partial charge is 0.367 e. The van der Waals surface area contributed by atoms with Crippen LogP contribution in [0, 0.1) is 0 Å². The molecule has 0 spiro atoms. The van der Waals surface area contributed by atoms with E-state index in [1.807, 2.05) is 30.6 Å². The first kappa shape index (κ1) is 25.4. The summed E-state index contributed by atoms with van der Waals surface area (Å²) in [4.78, 5) is 13.0. The zero-order valence-electron chi connectivity index (χ0n) is 21.7. The molecule has 4 rings (SSSR count). The van der Waals surface area contributed by atoms with E-state index >= 15 is 0 Å². The van der Waals surface area contributed by atoms with Crippen molar-refractivity contribution in [1.29, 1.82) is 0 Å². The Morgan fingerprint density at radius 3 is 2.86 bits per heavy atom. The van der Waals surface area contributed by atoms with Crippen molar-refractivity contribution in [3.8, 4) is 0 Å². The van der Waals surface area contributed by atoms with Crippen LogP contribution in [0.5, 0.6) is 0 Å². The normalized spacial score (nSPS) is 13.8. The molecule has 6 heteroatoms. The van der Waals surface area contributed by atoms with Gasteiger partial charge >= 0.3 is 0 Å². The van der Waals surface area contributed by atoms with Crippen LogP contribution < -0.4 is 5.32 Å². The van der Waals surface area contributed by atoms with E-state index in [4.69, 9.17) is 9.97 Å². The molecule has 36 heavy (non-hydrogen) atoms. The quantitative estimate of drug-likeness (QED) is 0.212. The Labute approximate surface area is 212 Å². The molecule has 0 aliphatic carbocycles. The predicted octanol–water partition coefficient (Wildman–Crippen LogP) is 7.99. The number of halogens is 1. The third-order valence-electron chi connectivity index (χ3n) is 6.51. The van der Waals surface area contributed by atoms with Gasteiger partial charge in [0.25, 0.3) is 0 Å². The number of benzene rings is 1. The van der Waals surface area contributed by atoms with Crippen LogP contribution in [0.25, 0.3) is 22.1 Å². The maximum atomic E-state index is 14.3. The lowest BCUT2D eigenvalue weighted by molar-refractivity contribution is 0.642. The molecule has 0 amide bonds. The number of hydrogen-bond donors (Lipinski definition) is 2. The van der Waals surface area contributed by atoms with Crippen molar-refractivity contribution in [2.24, 2.45) is 0 Å². The number of para-hydroxylation sites is 1. The van der Waals surface area contributed by atoms with Crippen LogP contribution in [-0.2, 0) is 6.42 Å². The fourth-order valence-electron chi connectivity index (χ4n) is 4.55. The number of fused-ring (bicyclic) bond motifs is 2. The van der Waals surface area contributed by atoms with Gasteiger partial charge in [0, 0.05) is 47.3 Å². The van der Waals surface area contributed by atoms with Crippen molar-refractivity contribution < 1.29 is 4.39 Å². The number of rotatable bonds is 11. The predicted molar refractivity (Wildman–Crippen MR) is 149 cm³/mol. The molecule has 0 aliphatic heterocycles. The number of hydrogen-bond acceptors (Lipinski definition) is 3. The minimum atomic E-state index is -0.285. The van der Waals surface area contributed by atoms with Gasteiger partial charge in [-0.05, 0) is 49.8 Å². The molecule has 0 bridgehead atoms. The van der Waals surface area contributed by atoms with Gasteiger partial charge in [-0.2, -0.15) is 0 Å². The van der Waals surface area contributed by atoms with Gasteiger partial charge in [-0.25, -0.2) is 14.4 Å². The number of H-pyrrole nitrogens is 1. The molecule has 3 aromatic heterocycles. The van der Waals surface area contributed by atoms with E-state index in [0.717, 1.165) is 48.1 Å². The van der Waals surface area contributed by atoms with Crippen molar-refractivity contribution in [3.05, 3.63) is 89.9 Å². The summed E-state index contributed by atoms with van der Waals surface area (Å²) in [6.45, 7) is 8.88. The Morgan fingerprint density at radius 2 is 2.08 bits per heavy atom. The Hall–Kier alpha value is -3.67. The highest BCUT2D eigenvalue weighted by atomic mass is 19.1. The minimum Gasteiger partial charge on any atom is -0.367 e. The number of allylic oxidation sites excluding steroid dienone is 6. The minimum absolute atomic E-state index is 0.285. The van der Waals surface area contributed by atoms with E-state index < -0.39 is 0 Å². The summed E-state index contributed by atoms with van der Waals surface area (Å²) >= 11 is 0. The number of aromatic amines is 1. The molecule has 0 fully saturated rings. The molecular formula is C30H36FN5. The smallest absolute Gasteiger partial charge is 0.180 e. The second-order valence-corrected chi connectivity index (χ2v) is 9.16. The Bertz CT molecular complexity index is 1410. The monoisotopic (exact) mass is 485 g/mol. The summed E-state index contributed by atoms with van der Waals surface area (Å²) in [7, 11) is 0. The molecule has 0 saturated carbocycles. The van der Waals surface area contributed by atoms with Crippen LogP contribution in [0.3, 0.4) is 0 Å². The van der Waals surface area contributed by atoms with Gasteiger partial charge < -0.3 is 10.3 Å². The first-order chi connectivity index (χ1) is 17.5. The molecule has 188 valence electrons. The average Bonchev–Trinajstić information content (AvgIpc) is 3.51. The highest BCUT2D eigenvalue weighted by Crippen LogP contribution is 2.28. The molecule has 1 aromatic carbocycles. The summed E-state index contributed by atoms with van der Waals surface area (Å²) in [6, 6.07) is 8.33. The van der Waals surface area contributed by atoms with Crippen molar-refractivity contribution in [1.82, 2.24) is 19.4 Å². The SMILES string of the molecule is C\C=C(F)/C=C(\C=C\CC)c1cn2c(C(C)CCC)cnc2c(NCCc2c[nH]c3ccccc23)n1. The second kappa shape index (κ2) is 11.8. The molecule has 0 radical (unpaired) electrons. The van der Waals surface area contributed by atoms with Gasteiger partial charge in [0.15, 0.2) is 11.5 Å². The molecule has 0 aliphatic rings. The number of anilines is 1. The van der Waals surface area contributed by atoms with E-state index in [-0.39, 0.29) is 5.83 Å². The number of aromatic nitrogens is 4. The van der Waals surface area contributed by atoms with Crippen LogP contribution in [0.15, 0.2) is 73.0 Å². The van der Waals surface area contributed by atoms with Crippen molar-refractivity contribution in [2.45, 2.75) is 59.3 Å². The van der Waals surface area contributed by atoms with Gasteiger partial charge in [0.2, 0.25) is 0 Å². The van der Waals surface area contributed by atoms with Crippen LogP contribution >= 0.6 is 0 Å². The Balaban J connectivity index is 1.72. The summed E-state index contributed by atoms with van der Waals surface area (Å²) in [6.07, 6.45) is 16.9. The molecule has 5 nitrogen and oxygen atoms in total. The zero-order valence-corrected chi connectivity index (χ0v) is 21.7. The Morgan fingerprint density at radius 1 is 1.25 bits per heavy atom. The highest BCUT2D eigenvalue weighted by molar-refractivity contribution is 5.83. The van der Waals surface area contributed by atoms with Crippen molar-refractivity contribution >= 4 is 27.9 Å². The average molecular weight is 486 g/mol. The maximum absolute atomic E-state index is 14.3. The summed E-state index contributed by atoms with van der Waals surface area (Å²) in [5, 5.41) is 4.76. The zero-order chi connectivity index (χ0) is 25.5. The molecule has 2 N–H and O–H groups in total. The maximum Gasteiger partial charge on any atom is 0.180 e. The van der Waals surface area contributed by atoms with Crippen LogP contribution in [0.4, 0.5) is 10.2 Å². The fourth-order valence-corrected chi connectivity index (χ4v) is 4.55. The summed E-state index contributed by atoms with van der Waals surface area (Å²) in [5.74, 6) is 0.774. The van der Waals surface area contributed by atoms with Crippen LogP contribution in [-0.4, -0.2) is 25.9 Å².